The van der Waals surface area contributed by atoms with Gasteiger partial charge in [-0.2, -0.15) is 5.10 Å². The van der Waals surface area contributed by atoms with E-state index >= 15 is 0 Å². The number of halogens is 2. The lowest BCUT2D eigenvalue weighted by molar-refractivity contribution is -0.123. The van der Waals surface area contributed by atoms with E-state index in [1.165, 1.54) is 13.3 Å². The highest BCUT2D eigenvalue weighted by Gasteiger charge is 2.24. The summed E-state index contributed by atoms with van der Waals surface area (Å²) in [7, 11) is 3.08. The topological polar surface area (TPSA) is 89.0 Å². The molecular weight excluding hydrogens is 474 g/mol. The Hall–Kier alpha value is -2.58. The number of methoxy groups -OCH3 is 2. The molecule has 2 N–H and O–H groups in total. The van der Waals surface area contributed by atoms with Gasteiger partial charge in [0.25, 0.3) is 11.8 Å². The van der Waals surface area contributed by atoms with Crippen LogP contribution in [0.5, 0.6) is 11.5 Å². The lowest BCUT2D eigenvalue weighted by Crippen LogP contribution is -2.48. The first kappa shape index (κ1) is 23.7. The van der Waals surface area contributed by atoms with Gasteiger partial charge in [0, 0.05) is 22.2 Å². The molecule has 1 unspecified atom stereocenters. The lowest BCUT2D eigenvalue weighted by Gasteiger charge is -2.20. The van der Waals surface area contributed by atoms with Gasteiger partial charge >= 0.3 is 0 Å². The summed E-state index contributed by atoms with van der Waals surface area (Å²) in [5.41, 5.74) is 3.52. The molecule has 7 nitrogen and oxygen atoms in total. The first-order valence-corrected chi connectivity index (χ1v) is 10.2. The zero-order valence-electron chi connectivity index (χ0n) is 17.0. The number of hydrogen-bond acceptors (Lipinski definition) is 5. The van der Waals surface area contributed by atoms with Crippen LogP contribution >= 0.6 is 27.5 Å². The molecule has 0 aliphatic rings. The fourth-order valence-corrected chi connectivity index (χ4v) is 3.23. The van der Waals surface area contributed by atoms with Crippen molar-refractivity contribution in [2.75, 3.05) is 14.2 Å². The van der Waals surface area contributed by atoms with Gasteiger partial charge in [0.2, 0.25) is 0 Å². The van der Waals surface area contributed by atoms with E-state index < -0.39 is 11.9 Å². The van der Waals surface area contributed by atoms with Crippen molar-refractivity contribution in [3.63, 3.8) is 0 Å². The number of carbonyl (C=O) groups is 2. The summed E-state index contributed by atoms with van der Waals surface area (Å²) in [6, 6.07) is 9.12. The van der Waals surface area contributed by atoms with Gasteiger partial charge in [0.05, 0.1) is 24.9 Å². The molecule has 0 saturated heterocycles. The summed E-state index contributed by atoms with van der Waals surface area (Å²) >= 11 is 9.25. The van der Waals surface area contributed by atoms with E-state index in [0.29, 0.717) is 32.1 Å². The van der Waals surface area contributed by atoms with E-state index in [9.17, 15) is 9.59 Å². The molecule has 0 aliphatic heterocycles. The fourth-order valence-electron chi connectivity index (χ4n) is 2.58. The molecule has 0 aliphatic carbocycles. The zero-order chi connectivity index (χ0) is 22.3. The SMILES string of the molecule is COc1cc(OC)c(C=NNC(=O)C(NC(=O)c2ccc(Cl)cc2)C(C)C)cc1Br. The molecule has 160 valence electrons. The van der Waals surface area contributed by atoms with Gasteiger partial charge in [-0.3, -0.25) is 9.59 Å². The van der Waals surface area contributed by atoms with Gasteiger partial charge in [-0.05, 0) is 52.2 Å². The number of rotatable bonds is 8. The van der Waals surface area contributed by atoms with Crippen molar-refractivity contribution in [1.82, 2.24) is 10.7 Å². The molecule has 2 amide bonds. The van der Waals surface area contributed by atoms with E-state index in [0.717, 1.165) is 0 Å². The number of carbonyl (C=O) groups excluding carboxylic acids is 2. The average molecular weight is 497 g/mol. The Kier molecular flexibility index (Phi) is 8.68. The van der Waals surface area contributed by atoms with E-state index in [4.69, 9.17) is 21.1 Å². The third-order valence-corrected chi connectivity index (χ3v) is 5.10. The normalized spacial score (nSPS) is 12.0. The number of ether oxygens (including phenoxy) is 2. The highest BCUT2D eigenvalue weighted by molar-refractivity contribution is 9.10. The molecule has 2 rings (SSSR count). The maximum atomic E-state index is 12.6. The van der Waals surface area contributed by atoms with Crippen LogP contribution in [-0.4, -0.2) is 38.3 Å². The van der Waals surface area contributed by atoms with Crippen LogP contribution in [0.4, 0.5) is 0 Å². The number of nitrogens with one attached hydrogen (secondary N) is 2. The Balaban J connectivity index is 2.09. The van der Waals surface area contributed by atoms with E-state index in [1.807, 2.05) is 13.8 Å². The van der Waals surface area contributed by atoms with Crippen molar-refractivity contribution in [1.29, 1.82) is 0 Å². The van der Waals surface area contributed by atoms with Crippen molar-refractivity contribution < 1.29 is 19.1 Å². The second-order valence-corrected chi connectivity index (χ2v) is 7.96. The molecule has 9 heteroatoms. The van der Waals surface area contributed by atoms with Gasteiger partial charge in [-0.25, -0.2) is 5.43 Å². The number of hydrazone groups is 1. The molecule has 0 aromatic heterocycles. The summed E-state index contributed by atoms with van der Waals surface area (Å²) < 4.78 is 11.3. The largest absolute Gasteiger partial charge is 0.496 e. The van der Waals surface area contributed by atoms with Gasteiger partial charge < -0.3 is 14.8 Å². The Bertz CT molecular complexity index is 933. The molecule has 0 bridgehead atoms. The molecule has 2 aromatic carbocycles. The van der Waals surface area contributed by atoms with Crippen LogP contribution in [0.15, 0.2) is 46.0 Å². The van der Waals surface area contributed by atoms with Crippen molar-refractivity contribution in [2.45, 2.75) is 19.9 Å². The summed E-state index contributed by atoms with van der Waals surface area (Å²) in [5, 5.41) is 7.26. The average Bonchev–Trinajstić information content (AvgIpc) is 2.72. The maximum Gasteiger partial charge on any atom is 0.262 e. The number of amides is 2. The fraction of sp³-hybridized carbons (Fsp3) is 0.286. The molecule has 0 fully saturated rings. The third kappa shape index (κ3) is 6.21. The summed E-state index contributed by atoms with van der Waals surface area (Å²) in [6.45, 7) is 3.67. The molecule has 30 heavy (non-hydrogen) atoms. The molecular formula is C21H23BrClN3O4. The third-order valence-electron chi connectivity index (χ3n) is 4.22. The molecule has 2 aromatic rings. The monoisotopic (exact) mass is 495 g/mol. The Morgan fingerprint density at radius 1 is 1.10 bits per heavy atom. The van der Waals surface area contributed by atoms with Gasteiger partial charge in [0.1, 0.15) is 17.5 Å². The van der Waals surface area contributed by atoms with E-state index in [2.05, 4.69) is 31.8 Å². The standard InChI is InChI=1S/C21H23BrClN3O4/c1-12(2)19(25-20(27)13-5-7-15(23)8-6-13)21(28)26-24-11-14-9-16(22)18(30-4)10-17(14)29-3/h5-12,19H,1-4H3,(H,25,27)(H,26,28). The Labute approximate surface area is 188 Å². The summed E-state index contributed by atoms with van der Waals surface area (Å²) in [6.07, 6.45) is 1.46. The van der Waals surface area contributed by atoms with E-state index in [1.54, 1.807) is 43.5 Å². The minimum atomic E-state index is -0.769. The van der Waals surface area contributed by atoms with Crippen LogP contribution in [0, 0.1) is 5.92 Å². The molecule has 0 heterocycles. The van der Waals surface area contributed by atoms with Crippen molar-refractivity contribution in [3.8, 4) is 11.5 Å². The molecule has 1 atom stereocenters. The maximum absolute atomic E-state index is 12.6. The highest BCUT2D eigenvalue weighted by atomic mass is 79.9. The first-order valence-electron chi connectivity index (χ1n) is 9.07. The smallest absolute Gasteiger partial charge is 0.262 e. The number of hydrogen-bond donors (Lipinski definition) is 2. The Morgan fingerprint density at radius 2 is 1.73 bits per heavy atom. The van der Waals surface area contributed by atoms with Crippen molar-refractivity contribution >= 4 is 45.6 Å². The van der Waals surface area contributed by atoms with Gasteiger partial charge in [0.15, 0.2) is 0 Å². The van der Waals surface area contributed by atoms with Crippen LogP contribution < -0.4 is 20.2 Å². The summed E-state index contributed by atoms with van der Waals surface area (Å²) in [4.78, 5) is 25.0. The minimum Gasteiger partial charge on any atom is -0.496 e. The minimum absolute atomic E-state index is 0.152. The lowest BCUT2D eigenvalue weighted by atomic mass is 10.0. The van der Waals surface area contributed by atoms with Gasteiger partial charge in [-0.15, -0.1) is 0 Å². The van der Waals surface area contributed by atoms with Crippen LogP contribution in [0.3, 0.4) is 0 Å². The molecule has 0 saturated carbocycles. The second kappa shape index (κ2) is 11.0. The first-order chi connectivity index (χ1) is 14.3. The zero-order valence-corrected chi connectivity index (χ0v) is 19.4. The van der Waals surface area contributed by atoms with Gasteiger partial charge in [-0.1, -0.05) is 25.4 Å². The number of benzene rings is 2. The van der Waals surface area contributed by atoms with Crippen LogP contribution in [0.25, 0.3) is 0 Å². The predicted octanol–water partition coefficient (Wildman–Crippen LogP) is 4.02. The van der Waals surface area contributed by atoms with Crippen molar-refractivity contribution in [3.05, 3.63) is 57.0 Å². The predicted molar refractivity (Wildman–Crippen MR) is 121 cm³/mol. The quantitative estimate of drug-likeness (QED) is 0.427. The van der Waals surface area contributed by atoms with Crippen molar-refractivity contribution in [2.24, 2.45) is 11.0 Å². The van der Waals surface area contributed by atoms with Crippen LogP contribution in [0.2, 0.25) is 5.02 Å². The molecule has 0 spiro atoms. The Morgan fingerprint density at radius 3 is 2.30 bits per heavy atom. The second-order valence-electron chi connectivity index (χ2n) is 6.67. The molecule has 0 radical (unpaired) electrons. The van der Waals surface area contributed by atoms with E-state index in [-0.39, 0.29) is 11.8 Å². The summed E-state index contributed by atoms with van der Waals surface area (Å²) in [5.74, 6) is 0.184. The highest BCUT2D eigenvalue weighted by Crippen LogP contribution is 2.31. The number of nitrogens with zero attached hydrogens (tertiary/aromatic N) is 1. The van der Waals surface area contributed by atoms with Crippen LogP contribution in [-0.2, 0) is 4.79 Å². The van der Waals surface area contributed by atoms with Crippen LogP contribution in [0.1, 0.15) is 29.8 Å².